The number of carbonyl (C=O) groups excluding carboxylic acids is 1. The quantitative estimate of drug-likeness (QED) is 0.575. The van der Waals surface area contributed by atoms with Crippen molar-refractivity contribution < 1.29 is 14.1 Å². The highest BCUT2D eigenvalue weighted by atomic mass is 19.1. The van der Waals surface area contributed by atoms with Crippen LogP contribution in [0.2, 0.25) is 0 Å². The summed E-state index contributed by atoms with van der Waals surface area (Å²) in [7, 11) is 0. The maximum atomic E-state index is 13.0. The molecule has 0 aliphatic rings. The largest absolute Gasteiger partial charge is 0.351 e. The van der Waals surface area contributed by atoms with Gasteiger partial charge in [-0.2, -0.15) is 0 Å². The molecule has 0 saturated heterocycles. The molecule has 3 N–H and O–H groups in total. The summed E-state index contributed by atoms with van der Waals surface area (Å²) in [5, 5.41) is 12.8. The minimum absolute atomic E-state index is 0.0971. The molecular weight excluding hydrogens is 217 g/mol. The number of nitrogens with one attached hydrogen (secondary N) is 1. The Morgan fingerprint density at radius 3 is 2.75 bits per heavy atom. The number of nitro benzene ring substituents is 1. The number of rotatable bonds is 4. The van der Waals surface area contributed by atoms with E-state index in [1.165, 1.54) is 0 Å². The summed E-state index contributed by atoms with van der Waals surface area (Å²) >= 11 is 0. The van der Waals surface area contributed by atoms with Crippen LogP contribution in [0.1, 0.15) is 10.4 Å². The van der Waals surface area contributed by atoms with Gasteiger partial charge in [-0.05, 0) is 6.07 Å². The summed E-state index contributed by atoms with van der Waals surface area (Å²) in [4.78, 5) is 21.0. The third-order valence-corrected chi connectivity index (χ3v) is 1.79. The third kappa shape index (κ3) is 2.99. The second-order valence-corrected chi connectivity index (χ2v) is 3.00. The van der Waals surface area contributed by atoms with E-state index in [4.69, 9.17) is 5.73 Å². The number of benzene rings is 1. The molecule has 0 heterocycles. The van der Waals surface area contributed by atoms with Crippen molar-refractivity contribution >= 4 is 11.6 Å². The third-order valence-electron chi connectivity index (χ3n) is 1.79. The molecule has 86 valence electrons. The lowest BCUT2D eigenvalue weighted by Crippen LogP contribution is -2.29. The molecule has 1 rings (SSSR count). The van der Waals surface area contributed by atoms with Crippen LogP contribution < -0.4 is 11.1 Å². The van der Waals surface area contributed by atoms with Crippen LogP contribution in [0.5, 0.6) is 0 Å². The minimum Gasteiger partial charge on any atom is -0.351 e. The van der Waals surface area contributed by atoms with Crippen molar-refractivity contribution in [1.82, 2.24) is 5.32 Å². The zero-order chi connectivity index (χ0) is 12.1. The number of amides is 1. The zero-order valence-electron chi connectivity index (χ0n) is 8.27. The number of nitrogens with zero attached hydrogens (tertiary/aromatic N) is 1. The summed E-state index contributed by atoms with van der Waals surface area (Å²) in [6, 6.07) is 2.69. The van der Waals surface area contributed by atoms with Crippen LogP contribution in [0.4, 0.5) is 10.1 Å². The van der Waals surface area contributed by atoms with Crippen molar-refractivity contribution in [3.8, 4) is 0 Å². The summed E-state index contributed by atoms with van der Waals surface area (Å²) in [6.07, 6.45) is 0. The van der Waals surface area contributed by atoms with Gasteiger partial charge in [0.15, 0.2) is 0 Å². The number of non-ortho nitro benzene ring substituents is 1. The normalized spacial score (nSPS) is 9.88. The number of halogens is 1. The van der Waals surface area contributed by atoms with Gasteiger partial charge >= 0.3 is 0 Å². The Kier molecular flexibility index (Phi) is 3.90. The van der Waals surface area contributed by atoms with Gasteiger partial charge in [0, 0.05) is 24.7 Å². The van der Waals surface area contributed by atoms with Gasteiger partial charge in [-0.15, -0.1) is 0 Å². The number of nitro groups is 1. The SMILES string of the molecule is NCCNC(=O)c1cc(F)cc([N+](=O)[O-])c1. The van der Waals surface area contributed by atoms with E-state index in [1.807, 2.05) is 0 Å². The van der Waals surface area contributed by atoms with Crippen molar-refractivity contribution in [2.45, 2.75) is 0 Å². The van der Waals surface area contributed by atoms with Gasteiger partial charge in [0.1, 0.15) is 5.82 Å². The predicted octanol–water partition coefficient (Wildman–Crippen LogP) is 0.422. The molecule has 1 aromatic carbocycles. The summed E-state index contributed by atoms with van der Waals surface area (Å²) in [5.41, 5.74) is 4.61. The van der Waals surface area contributed by atoms with Crippen molar-refractivity contribution in [2.24, 2.45) is 5.73 Å². The Balaban J connectivity index is 2.95. The van der Waals surface area contributed by atoms with Crippen molar-refractivity contribution in [3.05, 3.63) is 39.7 Å². The monoisotopic (exact) mass is 227 g/mol. The van der Waals surface area contributed by atoms with Gasteiger partial charge in [0.25, 0.3) is 11.6 Å². The molecule has 1 aromatic rings. The first-order chi connectivity index (χ1) is 7.54. The first-order valence-corrected chi connectivity index (χ1v) is 4.48. The Labute approximate surface area is 90.4 Å². The molecule has 7 heteroatoms. The van der Waals surface area contributed by atoms with Gasteiger partial charge in [-0.25, -0.2) is 4.39 Å². The molecule has 0 unspecified atom stereocenters. The Hall–Kier alpha value is -2.02. The first-order valence-electron chi connectivity index (χ1n) is 4.48. The van der Waals surface area contributed by atoms with Crippen molar-refractivity contribution in [2.75, 3.05) is 13.1 Å². The van der Waals surface area contributed by atoms with Gasteiger partial charge in [0.2, 0.25) is 0 Å². The molecule has 6 nitrogen and oxygen atoms in total. The molecule has 0 atom stereocenters. The Bertz CT molecular complexity index is 422. The predicted molar refractivity (Wildman–Crippen MR) is 54.4 cm³/mol. The number of hydrogen-bond acceptors (Lipinski definition) is 4. The van der Waals surface area contributed by atoms with Crippen molar-refractivity contribution in [1.29, 1.82) is 0 Å². The molecular formula is C9H10FN3O3. The average molecular weight is 227 g/mol. The van der Waals surface area contributed by atoms with Gasteiger partial charge in [0.05, 0.1) is 11.0 Å². The smallest absolute Gasteiger partial charge is 0.273 e. The van der Waals surface area contributed by atoms with Crippen LogP contribution in [0, 0.1) is 15.9 Å². The second-order valence-electron chi connectivity index (χ2n) is 3.00. The lowest BCUT2D eigenvalue weighted by molar-refractivity contribution is -0.385. The molecule has 1 amide bonds. The number of hydrogen-bond donors (Lipinski definition) is 2. The van der Waals surface area contributed by atoms with E-state index in [9.17, 15) is 19.3 Å². The number of carbonyl (C=O) groups is 1. The fourth-order valence-corrected chi connectivity index (χ4v) is 1.10. The summed E-state index contributed by atoms with van der Waals surface area (Å²) in [6.45, 7) is 0.465. The molecule has 0 radical (unpaired) electrons. The fraction of sp³-hybridized carbons (Fsp3) is 0.222. The van der Waals surface area contributed by atoms with Crippen LogP contribution in [0.3, 0.4) is 0 Å². The van der Waals surface area contributed by atoms with E-state index in [1.54, 1.807) is 0 Å². The first kappa shape index (κ1) is 12.1. The van der Waals surface area contributed by atoms with Gasteiger partial charge in [-0.1, -0.05) is 0 Å². The topological polar surface area (TPSA) is 98.3 Å². The van der Waals surface area contributed by atoms with Gasteiger partial charge in [-0.3, -0.25) is 14.9 Å². The van der Waals surface area contributed by atoms with Crippen LogP contribution in [-0.2, 0) is 0 Å². The van der Waals surface area contributed by atoms with Crippen LogP contribution in [-0.4, -0.2) is 23.9 Å². The summed E-state index contributed by atoms with van der Waals surface area (Å²) < 4.78 is 13.0. The average Bonchev–Trinajstić information content (AvgIpc) is 2.24. The second kappa shape index (κ2) is 5.17. The minimum atomic E-state index is -0.827. The van der Waals surface area contributed by atoms with E-state index in [-0.39, 0.29) is 18.7 Å². The standard InChI is InChI=1S/C9H10FN3O3/c10-7-3-6(9(14)12-2-1-11)4-8(5-7)13(15)16/h3-5H,1-2,11H2,(H,12,14). The highest BCUT2D eigenvalue weighted by Gasteiger charge is 2.13. The molecule has 16 heavy (non-hydrogen) atoms. The lowest BCUT2D eigenvalue weighted by atomic mass is 10.2. The number of nitrogens with two attached hydrogens (primary N) is 1. The zero-order valence-corrected chi connectivity index (χ0v) is 8.27. The molecule has 0 aliphatic carbocycles. The Morgan fingerprint density at radius 1 is 1.50 bits per heavy atom. The molecule has 0 spiro atoms. The maximum absolute atomic E-state index is 13.0. The van der Waals surface area contributed by atoms with Crippen LogP contribution >= 0.6 is 0 Å². The Morgan fingerprint density at radius 2 is 2.19 bits per heavy atom. The summed E-state index contributed by atoms with van der Waals surface area (Å²) in [5.74, 6) is -1.42. The lowest BCUT2D eigenvalue weighted by Gasteiger charge is -2.03. The molecule has 0 aliphatic heterocycles. The van der Waals surface area contributed by atoms with E-state index < -0.39 is 22.3 Å². The van der Waals surface area contributed by atoms with E-state index >= 15 is 0 Å². The van der Waals surface area contributed by atoms with Gasteiger partial charge < -0.3 is 11.1 Å². The van der Waals surface area contributed by atoms with E-state index in [2.05, 4.69) is 5.32 Å². The molecule has 0 aromatic heterocycles. The van der Waals surface area contributed by atoms with E-state index in [0.717, 1.165) is 18.2 Å². The maximum Gasteiger partial charge on any atom is 0.273 e. The molecule has 0 bridgehead atoms. The van der Waals surface area contributed by atoms with Crippen LogP contribution in [0.25, 0.3) is 0 Å². The molecule has 0 fully saturated rings. The van der Waals surface area contributed by atoms with Crippen molar-refractivity contribution in [3.63, 3.8) is 0 Å². The highest BCUT2D eigenvalue weighted by molar-refractivity contribution is 5.94. The van der Waals surface area contributed by atoms with E-state index in [0.29, 0.717) is 0 Å². The molecule has 0 saturated carbocycles. The fourth-order valence-electron chi connectivity index (χ4n) is 1.10. The van der Waals surface area contributed by atoms with Crippen LogP contribution in [0.15, 0.2) is 18.2 Å². The highest BCUT2D eigenvalue weighted by Crippen LogP contribution is 2.16.